The lowest BCUT2D eigenvalue weighted by atomic mass is 10.1. The Hall–Kier alpha value is -3.33. The van der Waals surface area contributed by atoms with E-state index in [0.717, 1.165) is 17.4 Å². The van der Waals surface area contributed by atoms with Crippen molar-refractivity contribution >= 4 is 58.1 Å². The first-order valence-electron chi connectivity index (χ1n) is 10.9. The minimum absolute atomic E-state index is 0.175. The van der Waals surface area contributed by atoms with E-state index in [4.69, 9.17) is 26.2 Å². The minimum Gasteiger partial charge on any atom is -0.447 e. The number of anilines is 2. The van der Waals surface area contributed by atoms with Crippen LogP contribution in [-0.2, 0) is 19.1 Å². The molecule has 1 aromatic carbocycles. The van der Waals surface area contributed by atoms with Crippen LogP contribution in [0.1, 0.15) is 21.7 Å². The van der Waals surface area contributed by atoms with E-state index in [1.54, 1.807) is 0 Å². The van der Waals surface area contributed by atoms with Gasteiger partial charge in [0.05, 0.1) is 22.4 Å². The van der Waals surface area contributed by atoms with Gasteiger partial charge in [-0.2, -0.15) is 0 Å². The molecule has 4 N–H and O–H groups in total. The van der Waals surface area contributed by atoms with Crippen LogP contribution in [0, 0.1) is 0 Å². The zero-order chi connectivity index (χ0) is 26.9. The molecule has 0 radical (unpaired) electrons. The van der Waals surface area contributed by atoms with Crippen LogP contribution < -0.4 is 20.9 Å². The quantitative estimate of drug-likeness (QED) is 0.348. The number of carbonyl (C=O) groups is 4. The van der Waals surface area contributed by atoms with Crippen molar-refractivity contribution in [2.24, 2.45) is 0 Å². The Morgan fingerprint density at radius 2 is 2.03 bits per heavy atom. The van der Waals surface area contributed by atoms with Crippen LogP contribution in [0.2, 0.25) is 4.34 Å². The summed E-state index contributed by atoms with van der Waals surface area (Å²) in [4.78, 5) is 50.9. The summed E-state index contributed by atoms with van der Waals surface area (Å²) in [6, 6.07) is 5.24. The maximum Gasteiger partial charge on any atom is 0.407 e. The van der Waals surface area contributed by atoms with Crippen molar-refractivity contribution in [1.29, 1.82) is 0 Å². The lowest BCUT2D eigenvalue weighted by molar-refractivity contribution is -0.125. The summed E-state index contributed by atoms with van der Waals surface area (Å²) in [6.45, 7) is -0.973. The van der Waals surface area contributed by atoms with Gasteiger partial charge in [0.25, 0.3) is 18.2 Å². The molecule has 2 heterocycles. The fraction of sp³-hybridized carbons (Fsp3) is 0.364. The summed E-state index contributed by atoms with van der Waals surface area (Å²) in [5.74, 6) is -1.90. The van der Waals surface area contributed by atoms with Gasteiger partial charge in [-0.3, -0.25) is 14.4 Å². The van der Waals surface area contributed by atoms with Crippen molar-refractivity contribution in [3.8, 4) is 0 Å². The van der Waals surface area contributed by atoms with Gasteiger partial charge < -0.3 is 35.4 Å². The van der Waals surface area contributed by atoms with Crippen molar-refractivity contribution in [1.82, 2.24) is 10.6 Å². The molecule has 0 spiro atoms. The highest BCUT2D eigenvalue weighted by Crippen LogP contribution is 2.32. The van der Waals surface area contributed by atoms with Crippen LogP contribution in [0.5, 0.6) is 0 Å². The Labute approximate surface area is 218 Å². The topological polar surface area (TPSA) is 146 Å². The number of halogens is 3. The molecule has 0 unspecified atom stereocenters. The Balaban J connectivity index is 1.76. The number of nitrogens with zero attached hydrogens (tertiary/aromatic N) is 1. The predicted molar refractivity (Wildman–Crippen MR) is 130 cm³/mol. The molecule has 1 aliphatic heterocycles. The molecule has 0 bridgehead atoms. The van der Waals surface area contributed by atoms with E-state index in [9.17, 15) is 28.0 Å². The van der Waals surface area contributed by atoms with Crippen LogP contribution >= 0.6 is 22.9 Å². The van der Waals surface area contributed by atoms with Gasteiger partial charge in [0.1, 0.15) is 19.3 Å². The number of aliphatic hydroxyl groups excluding tert-OH is 1. The van der Waals surface area contributed by atoms with Crippen molar-refractivity contribution in [3.63, 3.8) is 0 Å². The number of thiophene rings is 1. The van der Waals surface area contributed by atoms with Gasteiger partial charge in [-0.15, -0.1) is 11.3 Å². The van der Waals surface area contributed by atoms with Gasteiger partial charge in [-0.05, 0) is 30.3 Å². The Bertz CT molecular complexity index is 1150. The summed E-state index contributed by atoms with van der Waals surface area (Å²) in [6.07, 6.45) is -4.08. The molecule has 1 fully saturated rings. The number of carbonyl (C=O) groups excluding carboxylic acids is 4. The highest BCUT2D eigenvalue weighted by atomic mass is 35.5. The standard InChI is InChI=1S/C22H23ClF2N4O7S/c23-17-4-3-16(37-17)21(33)26-10-15(28-22(34)36-8-6-30)20(32)27-14-2-1-12(9-13(14)19(24)25)29-5-7-35-11-18(29)31/h1-4,9,15,19,30H,5-8,10-11H2,(H,26,33)(H,27,32)(H,28,34)/t15-/m0/s1. The molecule has 37 heavy (non-hydrogen) atoms. The number of rotatable bonds is 10. The first-order chi connectivity index (χ1) is 17.7. The maximum atomic E-state index is 13.9. The molecule has 1 saturated heterocycles. The Morgan fingerprint density at radius 3 is 2.68 bits per heavy atom. The third kappa shape index (κ3) is 7.82. The van der Waals surface area contributed by atoms with Gasteiger partial charge in [0.2, 0.25) is 5.91 Å². The molecule has 200 valence electrons. The fourth-order valence-electron chi connectivity index (χ4n) is 3.27. The van der Waals surface area contributed by atoms with E-state index in [2.05, 4.69) is 16.0 Å². The maximum absolute atomic E-state index is 13.9. The van der Waals surface area contributed by atoms with Crippen LogP contribution in [0.15, 0.2) is 30.3 Å². The molecule has 0 saturated carbocycles. The summed E-state index contributed by atoms with van der Waals surface area (Å²) < 4.78 is 37.8. The van der Waals surface area contributed by atoms with Crippen molar-refractivity contribution in [3.05, 3.63) is 45.1 Å². The van der Waals surface area contributed by atoms with Gasteiger partial charge in [0.15, 0.2) is 0 Å². The van der Waals surface area contributed by atoms with E-state index in [1.807, 2.05) is 0 Å². The highest BCUT2D eigenvalue weighted by molar-refractivity contribution is 7.18. The second kappa shape index (κ2) is 13.3. The van der Waals surface area contributed by atoms with Crippen LogP contribution in [0.3, 0.4) is 0 Å². The summed E-state index contributed by atoms with van der Waals surface area (Å²) in [5.41, 5.74) is -0.592. The zero-order valence-electron chi connectivity index (χ0n) is 19.2. The Kier molecular flexibility index (Phi) is 10.1. The lowest BCUT2D eigenvalue weighted by Crippen LogP contribution is -2.50. The third-order valence-corrected chi connectivity index (χ3v) is 6.25. The van der Waals surface area contributed by atoms with Gasteiger partial charge in [-0.25, -0.2) is 13.6 Å². The molecule has 1 aromatic heterocycles. The number of morpholine rings is 1. The third-order valence-electron chi connectivity index (χ3n) is 5.02. The number of benzene rings is 1. The van der Waals surface area contributed by atoms with E-state index in [0.29, 0.717) is 4.34 Å². The van der Waals surface area contributed by atoms with Crippen LogP contribution in [0.4, 0.5) is 25.0 Å². The lowest BCUT2D eigenvalue weighted by Gasteiger charge is -2.27. The van der Waals surface area contributed by atoms with E-state index in [-0.39, 0.29) is 42.6 Å². The van der Waals surface area contributed by atoms with E-state index < -0.39 is 55.0 Å². The first-order valence-corrected chi connectivity index (χ1v) is 12.1. The van der Waals surface area contributed by atoms with Crippen molar-refractivity contribution < 1.29 is 42.5 Å². The minimum atomic E-state index is -3.00. The average molecular weight is 561 g/mol. The first kappa shape index (κ1) is 28.2. The summed E-state index contributed by atoms with van der Waals surface area (Å²) in [5, 5.41) is 15.8. The number of aliphatic hydroxyl groups is 1. The van der Waals surface area contributed by atoms with Crippen LogP contribution in [-0.4, -0.2) is 74.5 Å². The molecule has 2 aromatic rings. The summed E-state index contributed by atoms with van der Waals surface area (Å²) >= 11 is 6.82. The van der Waals surface area contributed by atoms with Gasteiger partial charge in [0, 0.05) is 30.0 Å². The number of alkyl halides is 2. The molecule has 1 aliphatic rings. The molecular formula is C22H23ClF2N4O7S. The smallest absolute Gasteiger partial charge is 0.407 e. The number of alkyl carbamates (subject to hydrolysis) is 1. The average Bonchev–Trinajstić information content (AvgIpc) is 3.31. The number of amides is 4. The van der Waals surface area contributed by atoms with Crippen molar-refractivity contribution in [2.75, 3.05) is 49.7 Å². The van der Waals surface area contributed by atoms with Crippen molar-refractivity contribution in [2.45, 2.75) is 12.5 Å². The van der Waals surface area contributed by atoms with Gasteiger partial charge in [-0.1, -0.05) is 11.6 Å². The summed E-state index contributed by atoms with van der Waals surface area (Å²) in [7, 11) is 0. The molecular weight excluding hydrogens is 538 g/mol. The number of ether oxygens (including phenoxy) is 2. The number of hydrogen-bond acceptors (Lipinski definition) is 8. The SMILES string of the molecule is O=C(N[C@@H](CNC(=O)c1ccc(Cl)s1)C(=O)Nc1ccc(N2CCOCC2=O)cc1C(F)F)OCCO. The zero-order valence-corrected chi connectivity index (χ0v) is 20.7. The number of nitrogens with one attached hydrogen (secondary N) is 3. The Morgan fingerprint density at radius 1 is 1.24 bits per heavy atom. The monoisotopic (exact) mass is 560 g/mol. The second-order valence-corrected chi connectivity index (χ2v) is 9.24. The van der Waals surface area contributed by atoms with Gasteiger partial charge >= 0.3 is 6.09 Å². The normalized spacial score (nSPS) is 14.3. The predicted octanol–water partition coefficient (Wildman–Crippen LogP) is 2.16. The second-order valence-electron chi connectivity index (χ2n) is 7.53. The molecule has 0 aliphatic carbocycles. The highest BCUT2D eigenvalue weighted by Gasteiger charge is 2.27. The molecule has 4 amide bonds. The molecule has 15 heteroatoms. The number of hydrogen-bond donors (Lipinski definition) is 4. The largest absolute Gasteiger partial charge is 0.447 e. The van der Waals surface area contributed by atoms with Crippen LogP contribution in [0.25, 0.3) is 0 Å². The molecule has 3 rings (SSSR count). The van der Waals surface area contributed by atoms with E-state index >= 15 is 0 Å². The molecule has 1 atom stereocenters. The molecule has 11 nitrogen and oxygen atoms in total. The van der Waals surface area contributed by atoms with E-state index in [1.165, 1.54) is 29.2 Å². The fourth-order valence-corrected chi connectivity index (χ4v) is 4.23.